The molecule has 0 amide bonds. The Labute approximate surface area is 86.8 Å². The maximum atomic E-state index is 10.8. The van der Waals surface area contributed by atoms with Crippen molar-refractivity contribution in [3.05, 3.63) is 47.8 Å². The molecular weight excluding hydrogens is 192 g/mol. The predicted molar refractivity (Wildman–Crippen MR) is 55.3 cm³/mol. The zero-order valence-corrected chi connectivity index (χ0v) is 8.21. The van der Waals surface area contributed by atoms with E-state index in [-0.39, 0.29) is 5.56 Å². The van der Waals surface area contributed by atoms with E-state index in [0.717, 1.165) is 5.69 Å². The van der Waals surface area contributed by atoms with Gasteiger partial charge < -0.3 is 5.11 Å². The largest absolute Gasteiger partial charge is 0.478 e. The van der Waals surface area contributed by atoms with E-state index in [0.29, 0.717) is 5.69 Å². The Bertz CT molecular complexity index is 489. The van der Waals surface area contributed by atoms with Gasteiger partial charge in [0.2, 0.25) is 0 Å². The number of rotatable bonds is 2. The monoisotopic (exact) mass is 202 g/mol. The molecule has 0 saturated heterocycles. The number of hydrogen-bond donors (Lipinski definition) is 1. The van der Waals surface area contributed by atoms with Gasteiger partial charge in [-0.25, -0.2) is 9.48 Å². The number of aromatic carboxylic acids is 1. The normalized spacial score (nSPS) is 10.2. The van der Waals surface area contributed by atoms with E-state index in [1.807, 2.05) is 30.3 Å². The van der Waals surface area contributed by atoms with Crippen molar-refractivity contribution in [1.82, 2.24) is 9.78 Å². The van der Waals surface area contributed by atoms with Crippen LogP contribution in [0.25, 0.3) is 5.69 Å². The molecule has 1 heterocycles. The van der Waals surface area contributed by atoms with Crippen LogP contribution in [0, 0.1) is 6.92 Å². The minimum absolute atomic E-state index is 0.235. The molecule has 4 heteroatoms. The summed E-state index contributed by atoms with van der Waals surface area (Å²) in [6, 6.07) is 9.41. The van der Waals surface area contributed by atoms with Crippen LogP contribution in [-0.2, 0) is 0 Å². The number of carboxylic acids is 1. The number of para-hydroxylation sites is 1. The van der Waals surface area contributed by atoms with Crippen molar-refractivity contribution in [2.75, 3.05) is 0 Å². The van der Waals surface area contributed by atoms with E-state index in [1.165, 1.54) is 6.20 Å². The Kier molecular flexibility index (Phi) is 2.25. The van der Waals surface area contributed by atoms with Crippen molar-refractivity contribution in [3.63, 3.8) is 0 Å². The average Bonchev–Trinajstić information content (AvgIpc) is 2.62. The van der Waals surface area contributed by atoms with Crippen LogP contribution >= 0.6 is 0 Å². The number of carbonyl (C=O) groups is 1. The van der Waals surface area contributed by atoms with Crippen LogP contribution in [0.1, 0.15) is 16.1 Å². The van der Waals surface area contributed by atoms with Gasteiger partial charge in [-0.05, 0) is 19.1 Å². The lowest BCUT2D eigenvalue weighted by atomic mass is 10.3. The molecule has 1 N–H and O–H groups in total. The summed E-state index contributed by atoms with van der Waals surface area (Å²) < 4.78 is 1.57. The molecule has 0 unspecified atom stereocenters. The van der Waals surface area contributed by atoms with Gasteiger partial charge in [0.05, 0.1) is 11.4 Å². The van der Waals surface area contributed by atoms with Crippen molar-refractivity contribution in [2.45, 2.75) is 6.92 Å². The molecule has 0 aliphatic rings. The van der Waals surface area contributed by atoms with Gasteiger partial charge in [-0.1, -0.05) is 18.2 Å². The van der Waals surface area contributed by atoms with Gasteiger partial charge in [0.15, 0.2) is 0 Å². The molecule has 4 nitrogen and oxygen atoms in total. The molecule has 1 aromatic carbocycles. The smallest absolute Gasteiger partial charge is 0.339 e. The first-order chi connectivity index (χ1) is 7.18. The van der Waals surface area contributed by atoms with Crippen molar-refractivity contribution in [3.8, 4) is 5.69 Å². The van der Waals surface area contributed by atoms with E-state index in [4.69, 9.17) is 5.11 Å². The predicted octanol–water partition coefficient (Wildman–Crippen LogP) is 1.88. The Morgan fingerprint density at radius 1 is 1.33 bits per heavy atom. The number of aryl methyl sites for hydroxylation is 1. The highest BCUT2D eigenvalue weighted by Gasteiger charge is 2.11. The van der Waals surface area contributed by atoms with Crippen LogP contribution in [0.5, 0.6) is 0 Å². The third kappa shape index (κ3) is 1.74. The SMILES string of the molecule is Cc1nn(-c2ccccc2)cc1C(=O)O. The molecule has 0 fully saturated rings. The summed E-state index contributed by atoms with van der Waals surface area (Å²) in [4.78, 5) is 10.8. The fraction of sp³-hybridized carbons (Fsp3) is 0.0909. The summed E-state index contributed by atoms with van der Waals surface area (Å²) in [7, 11) is 0. The molecule has 0 aliphatic carbocycles. The lowest BCUT2D eigenvalue weighted by Crippen LogP contribution is -1.95. The van der Waals surface area contributed by atoms with Gasteiger partial charge in [-0.15, -0.1) is 0 Å². The van der Waals surface area contributed by atoms with E-state index in [9.17, 15) is 4.79 Å². The number of hydrogen-bond acceptors (Lipinski definition) is 2. The summed E-state index contributed by atoms with van der Waals surface area (Å²) in [5, 5.41) is 13.0. The zero-order chi connectivity index (χ0) is 10.8. The second-order valence-corrected chi connectivity index (χ2v) is 3.21. The second-order valence-electron chi connectivity index (χ2n) is 3.21. The standard InChI is InChI=1S/C11H10N2O2/c1-8-10(11(14)15)7-13(12-8)9-5-3-2-4-6-9/h2-7H,1H3,(H,14,15). The van der Waals surface area contributed by atoms with Crippen LogP contribution < -0.4 is 0 Å². The van der Waals surface area contributed by atoms with Crippen LogP contribution in [0.15, 0.2) is 36.5 Å². The number of benzene rings is 1. The topological polar surface area (TPSA) is 55.1 Å². The Hall–Kier alpha value is -2.10. The molecule has 1 aromatic heterocycles. The first-order valence-corrected chi connectivity index (χ1v) is 4.53. The first-order valence-electron chi connectivity index (χ1n) is 4.53. The Morgan fingerprint density at radius 2 is 2.00 bits per heavy atom. The van der Waals surface area contributed by atoms with E-state index in [1.54, 1.807) is 11.6 Å². The fourth-order valence-electron chi connectivity index (χ4n) is 1.38. The summed E-state index contributed by atoms with van der Waals surface area (Å²) in [6.45, 7) is 1.68. The molecule has 0 aliphatic heterocycles. The van der Waals surface area contributed by atoms with Gasteiger partial charge in [0, 0.05) is 6.20 Å². The summed E-state index contributed by atoms with van der Waals surface area (Å²) in [5.74, 6) is -0.949. The highest BCUT2D eigenvalue weighted by Crippen LogP contribution is 2.11. The first kappa shape index (κ1) is 9.45. The molecule has 2 aromatic rings. The van der Waals surface area contributed by atoms with Crippen LogP contribution in [0.3, 0.4) is 0 Å². The van der Waals surface area contributed by atoms with Crippen molar-refractivity contribution in [2.24, 2.45) is 0 Å². The van der Waals surface area contributed by atoms with Crippen molar-refractivity contribution in [1.29, 1.82) is 0 Å². The van der Waals surface area contributed by atoms with Gasteiger partial charge >= 0.3 is 5.97 Å². The summed E-state index contributed by atoms with van der Waals surface area (Å²) >= 11 is 0. The molecule has 0 atom stereocenters. The molecular formula is C11H10N2O2. The molecule has 0 radical (unpaired) electrons. The lowest BCUT2D eigenvalue weighted by Gasteiger charge is -1.98. The average molecular weight is 202 g/mol. The molecule has 76 valence electrons. The van der Waals surface area contributed by atoms with Gasteiger partial charge in [-0.3, -0.25) is 0 Å². The van der Waals surface area contributed by atoms with Crippen LogP contribution in [0.2, 0.25) is 0 Å². The van der Waals surface area contributed by atoms with Gasteiger partial charge in [0.1, 0.15) is 5.56 Å². The van der Waals surface area contributed by atoms with Crippen molar-refractivity contribution < 1.29 is 9.90 Å². The highest BCUT2D eigenvalue weighted by atomic mass is 16.4. The van der Waals surface area contributed by atoms with Crippen molar-refractivity contribution >= 4 is 5.97 Å². The zero-order valence-electron chi connectivity index (χ0n) is 8.21. The third-order valence-electron chi connectivity index (χ3n) is 2.15. The maximum absolute atomic E-state index is 10.8. The maximum Gasteiger partial charge on any atom is 0.339 e. The highest BCUT2D eigenvalue weighted by molar-refractivity contribution is 5.88. The minimum atomic E-state index is -0.949. The molecule has 0 saturated carbocycles. The van der Waals surface area contributed by atoms with Crippen LogP contribution in [0.4, 0.5) is 0 Å². The minimum Gasteiger partial charge on any atom is -0.478 e. The number of nitrogens with zero attached hydrogens (tertiary/aromatic N) is 2. The summed E-state index contributed by atoms with van der Waals surface area (Å²) in [5.41, 5.74) is 1.61. The van der Waals surface area contributed by atoms with E-state index >= 15 is 0 Å². The number of carboxylic acid groups (broad SMARTS) is 1. The van der Waals surface area contributed by atoms with Gasteiger partial charge in [0.25, 0.3) is 0 Å². The fourth-order valence-corrected chi connectivity index (χ4v) is 1.38. The van der Waals surface area contributed by atoms with E-state index in [2.05, 4.69) is 5.10 Å². The summed E-state index contributed by atoms with van der Waals surface area (Å²) in [6.07, 6.45) is 1.52. The Morgan fingerprint density at radius 3 is 2.53 bits per heavy atom. The Balaban J connectivity index is 2.48. The van der Waals surface area contributed by atoms with Gasteiger partial charge in [-0.2, -0.15) is 5.10 Å². The molecule has 0 spiro atoms. The molecule has 15 heavy (non-hydrogen) atoms. The van der Waals surface area contributed by atoms with Crippen LogP contribution in [-0.4, -0.2) is 20.9 Å². The second kappa shape index (κ2) is 3.57. The third-order valence-corrected chi connectivity index (χ3v) is 2.15. The lowest BCUT2D eigenvalue weighted by molar-refractivity contribution is 0.0696. The molecule has 0 bridgehead atoms. The molecule has 2 rings (SSSR count). The number of aromatic nitrogens is 2. The van der Waals surface area contributed by atoms with E-state index < -0.39 is 5.97 Å². The quantitative estimate of drug-likeness (QED) is 0.808.